The van der Waals surface area contributed by atoms with Crippen LogP contribution in [-0.4, -0.2) is 55.9 Å². The molecule has 4 atom stereocenters. The average molecular weight is 299 g/mol. The second-order valence-corrected chi connectivity index (χ2v) is 6.25. The molecule has 3 aliphatic rings. The minimum Gasteiger partial charge on any atom is -0.480 e. The van der Waals surface area contributed by atoms with E-state index >= 15 is 0 Å². The Bertz CT molecular complexity index is 500. The number of nitrogens with one attached hydrogen (secondary N) is 1. The van der Waals surface area contributed by atoms with E-state index < -0.39 is 17.4 Å². The van der Waals surface area contributed by atoms with Gasteiger partial charge in [0.15, 0.2) is 0 Å². The lowest BCUT2D eigenvalue weighted by Crippen LogP contribution is -2.57. The molecule has 1 unspecified atom stereocenters. The first-order chi connectivity index (χ1) is 9.34. The predicted molar refractivity (Wildman–Crippen MR) is 72.6 cm³/mol. The van der Waals surface area contributed by atoms with E-state index in [0.29, 0.717) is 13.0 Å². The lowest BCUT2D eigenvalue weighted by atomic mass is 9.80. The van der Waals surface area contributed by atoms with Crippen molar-refractivity contribution >= 4 is 24.5 Å². The topological polar surface area (TPSA) is 102 Å². The Kier molecular flexibility index (Phi) is 2.89. The Balaban J connectivity index is 1.87. The number of nitrogens with two attached hydrogens (primary N) is 1. The molecule has 0 aromatic heterocycles. The summed E-state index contributed by atoms with van der Waals surface area (Å²) in [4.78, 5) is 24.8. The predicted octanol–water partition coefficient (Wildman–Crippen LogP) is -1.26. The van der Waals surface area contributed by atoms with Crippen molar-refractivity contribution in [3.05, 3.63) is 12.4 Å². The third kappa shape index (κ3) is 1.70. The van der Waals surface area contributed by atoms with Gasteiger partial charge >= 0.3 is 5.97 Å². The third-order valence-electron chi connectivity index (χ3n) is 4.37. The number of aliphatic carboxylic acids is 1. The van der Waals surface area contributed by atoms with E-state index in [2.05, 4.69) is 18.2 Å². The van der Waals surface area contributed by atoms with Crippen molar-refractivity contribution in [2.75, 3.05) is 6.54 Å². The number of fused-ring (bicyclic) bond motifs is 1. The minimum absolute atomic E-state index is 0.0995. The maximum absolute atomic E-state index is 11.7. The van der Waals surface area contributed by atoms with Gasteiger partial charge in [-0.3, -0.25) is 9.80 Å². The molecular weight excluding hydrogens is 282 g/mol. The molecular formula is C11H17N5O3S. The fourth-order valence-electron chi connectivity index (χ4n) is 3.38. The van der Waals surface area contributed by atoms with E-state index in [4.69, 9.17) is 5.84 Å². The first-order valence-electron chi connectivity index (χ1n) is 6.32. The Morgan fingerprint density at radius 1 is 1.65 bits per heavy atom. The Labute approximate surface area is 121 Å². The summed E-state index contributed by atoms with van der Waals surface area (Å²) in [5.74, 6) is 4.45. The Morgan fingerprint density at radius 3 is 2.85 bits per heavy atom. The van der Waals surface area contributed by atoms with Gasteiger partial charge in [-0.2, -0.15) is 12.6 Å². The van der Waals surface area contributed by atoms with Gasteiger partial charge in [-0.25, -0.2) is 15.8 Å². The van der Waals surface area contributed by atoms with Crippen LogP contribution in [0.15, 0.2) is 12.4 Å². The molecule has 0 saturated carbocycles. The molecule has 4 N–H and O–H groups in total. The number of rotatable bonds is 3. The molecule has 3 aliphatic heterocycles. The molecule has 3 rings (SSSR count). The second kappa shape index (κ2) is 4.27. The van der Waals surface area contributed by atoms with Crippen LogP contribution in [0.2, 0.25) is 0 Å². The summed E-state index contributed by atoms with van der Waals surface area (Å²) < 4.78 is 0. The molecule has 0 spiro atoms. The van der Waals surface area contributed by atoms with E-state index in [-0.39, 0.29) is 17.2 Å². The molecule has 0 aromatic carbocycles. The molecule has 9 heteroatoms. The van der Waals surface area contributed by atoms with Crippen LogP contribution in [0, 0.1) is 5.41 Å². The van der Waals surface area contributed by atoms with Gasteiger partial charge in [0, 0.05) is 29.8 Å². The van der Waals surface area contributed by atoms with E-state index in [1.54, 1.807) is 17.4 Å². The van der Waals surface area contributed by atoms with Gasteiger partial charge in [0.2, 0.25) is 5.91 Å². The van der Waals surface area contributed by atoms with Gasteiger partial charge in [-0.1, -0.05) is 6.92 Å². The van der Waals surface area contributed by atoms with Crippen LogP contribution in [0.4, 0.5) is 0 Å². The molecule has 0 bridgehead atoms. The molecule has 20 heavy (non-hydrogen) atoms. The van der Waals surface area contributed by atoms with Crippen LogP contribution in [0.1, 0.15) is 13.3 Å². The number of thiol groups is 1. The van der Waals surface area contributed by atoms with Gasteiger partial charge in [0.1, 0.15) is 6.04 Å². The highest BCUT2D eigenvalue weighted by molar-refractivity contribution is 7.81. The maximum Gasteiger partial charge on any atom is 0.327 e. The smallest absolute Gasteiger partial charge is 0.327 e. The largest absolute Gasteiger partial charge is 0.480 e. The fraction of sp³-hybridized carbons (Fsp3) is 0.636. The van der Waals surface area contributed by atoms with Crippen LogP contribution in [0.3, 0.4) is 0 Å². The summed E-state index contributed by atoms with van der Waals surface area (Å²) in [6.07, 6.45) is 3.73. The van der Waals surface area contributed by atoms with Gasteiger partial charge in [-0.15, -0.1) is 5.53 Å². The van der Waals surface area contributed by atoms with Crippen LogP contribution in [0.25, 0.3) is 0 Å². The van der Waals surface area contributed by atoms with E-state index in [9.17, 15) is 14.7 Å². The molecule has 2 saturated heterocycles. The number of hydrogen-bond donors (Lipinski definition) is 4. The Hall–Kier alpha value is -1.45. The first kappa shape index (κ1) is 13.5. The Morgan fingerprint density at radius 2 is 2.35 bits per heavy atom. The molecule has 8 nitrogen and oxygen atoms in total. The van der Waals surface area contributed by atoms with Crippen molar-refractivity contribution in [3.63, 3.8) is 0 Å². The zero-order chi connectivity index (χ0) is 14.7. The van der Waals surface area contributed by atoms with Crippen molar-refractivity contribution in [1.82, 2.24) is 20.6 Å². The van der Waals surface area contributed by atoms with Crippen LogP contribution < -0.4 is 11.4 Å². The quantitative estimate of drug-likeness (QED) is 0.293. The lowest BCUT2D eigenvalue weighted by molar-refractivity contribution is -0.159. The summed E-state index contributed by atoms with van der Waals surface area (Å²) in [5, 5.41) is 12.3. The summed E-state index contributed by atoms with van der Waals surface area (Å²) in [6, 6.07) is -0.962. The highest BCUT2D eigenvalue weighted by atomic mass is 32.1. The van der Waals surface area contributed by atoms with Crippen LogP contribution >= 0.6 is 12.6 Å². The molecule has 0 aromatic rings. The first-order valence-corrected chi connectivity index (χ1v) is 6.83. The van der Waals surface area contributed by atoms with E-state index in [1.165, 1.54) is 10.0 Å². The lowest BCUT2D eigenvalue weighted by Gasteiger charge is -2.38. The summed E-state index contributed by atoms with van der Waals surface area (Å²) in [6.45, 7) is 2.24. The zero-order valence-electron chi connectivity index (χ0n) is 10.9. The highest BCUT2D eigenvalue weighted by Crippen LogP contribution is 2.50. The summed E-state index contributed by atoms with van der Waals surface area (Å²) >= 11 is 4.59. The summed E-state index contributed by atoms with van der Waals surface area (Å²) in [7, 11) is 0. The van der Waals surface area contributed by atoms with Gasteiger partial charge in [0.25, 0.3) is 0 Å². The van der Waals surface area contributed by atoms with Crippen molar-refractivity contribution in [3.8, 4) is 0 Å². The third-order valence-corrected chi connectivity index (χ3v) is 5.30. The maximum atomic E-state index is 11.7. The number of hydrogen-bond acceptors (Lipinski definition) is 7. The molecule has 1 amide bonds. The molecule has 0 radical (unpaired) electrons. The summed E-state index contributed by atoms with van der Waals surface area (Å²) in [5.41, 5.74) is 2.18. The second-order valence-electron chi connectivity index (χ2n) is 5.70. The van der Waals surface area contributed by atoms with Crippen molar-refractivity contribution in [2.24, 2.45) is 11.3 Å². The average Bonchev–Trinajstić information content (AvgIpc) is 2.82. The number of β-lactam (4-membered cyclic amide) rings is 1. The number of carbonyl (C=O) groups is 2. The number of carbonyl (C=O) groups excluding carboxylic acids is 1. The molecule has 2 fully saturated rings. The van der Waals surface area contributed by atoms with Crippen molar-refractivity contribution in [1.29, 1.82) is 0 Å². The van der Waals surface area contributed by atoms with Crippen molar-refractivity contribution in [2.45, 2.75) is 30.7 Å². The van der Waals surface area contributed by atoms with Gasteiger partial charge in [0.05, 0.1) is 12.2 Å². The normalized spacial score (nSPS) is 39.2. The molecule has 0 aliphatic carbocycles. The zero-order valence-corrected chi connectivity index (χ0v) is 11.8. The molecule has 3 heterocycles. The fourth-order valence-corrected chi connectivity index (χ4v) is 3.85. The van der Waals surface area contributed by atoms with E-state index in [0.717, 1.165) is 0 Å². The van der Waals surface area contributed by atoms with Gasteiger partial charge < -0.3 is 10.0 Å². The number of amides is 1. The monoisotopic (exact) mass is 299 g/mol. The minimum atomic E-state index is -0.991. The SMILES string of the molecule is C[C@]1(CN2C=CN(N)N2)C(C(=O)O)N2C(=O)C[C@H]2[C@H]1S. The van der Waals surface area contributed by atoms with Gasteiger partial charge in [-0.05, 0) is 0 Å². The van der Waals surface area contributed by atoms with E-state index in [1.807, 2.05) is 6.92 Å². The highest BCUT2D eigenvalue weighted by Gasteiger charge is 2.64. The standard InChI is InChI=1S/C11H17N5O3S/c1-11(5-14-2-3-15(12)13-14)8(10(18)19)16-6(9(11)20)4-7(16)17/h2-3,6,8-9,13,20H,4-5,12H2,1H3,(H,18,19)/t6-,8?,9+,11-/m0/s1. The number of carboxylic acid groups (broad SMARTS) is 1. The van der Waals surface area contributed by atoms with Crippen molar-refractivity contribution < 1.29 is 14.7 Å². The number of hydrazine groups is 3. The van der Waals surface area contributed by atoms with Crippen LogP contribution in [0.5, 0.6) is 0 Å². The number of nitrogens with zero attached hydrogens (tertiary/aromatic N) is 3. The van der Waals surface area contributed by atoms with Crippen LogP contribution in [-0.2, 0) is 9.59 Å². The molecule has 110 valence electrons. The number of carboxylic acids is 1.